The van der Waals surface area contributed by atoms with Gasteiger partial charge in [0, 0.05) is 23.5 Å². The lowest BCUT2D eigenvalue weighted by Gasteiger charge is -2.24. The maximum absolute atomic E-state index is 13.9. The van der Waals surface area contributed by atoms with Crippen molar-refractivity contribution in [3.63, 3.8) is 0 Å². The van der Waals surface area contributed by atoms with E-state index in [4.69, 9.17) is 9.15 Å². The topological polar surface area (TPSA) is 54.7 Å². The molecule has 1 atom stereocenters. The summed E-state index contributed by atoms with van der Waals surface area (Å²) in [6, 6.07) is 14.5. The number of carbonyl (C=O) groups is 1. The first kappa shape index (κ1) is 18.1. The van der Waals surface area contributed by atoms with E-state index in [1.165, 1.54) is 31.1 Å². The van der Waals surface area contributed by atoms with Crippen LogP contribution < -0.4 is 15.0 Å². The van der Waals surface area contributed by atoms with Crippen molar-refractivity contribution in [2.45, 2.75) is 25.9 Å². The first-order valence-electron chi connectivity index (χ1n) is 9.12. The molecule has 3 aromatic rings. The van der Waals surface area contributed by atoms with E-state index < -0.39 is 5.82 Å². The molecular weight excluding hydrogens is 359 g/mol. The highest BCUT2D eigenvalue weighted by Gasteiger charge is 2.28. The Morgan fingerprint density at radius 2 is 2.11 bits per heavy atom. The summed E-state index contributed by atoms with van der Waals surface area (Å²) in [4.78, 5) is 15.0. The first-order valence-corrected chi connectivity index (χ1v) is 9.12. The number of ether oxygens (including phenoxy) is 1. The van der Waals surface area contributed by atoms with Crippen LogP contribution in [0.4, 0.5) is 15.8 Å². The molecule has 144 valence electrons. The number of halogens is 1. The average Bonchev–Trinajstić information content (AvgIpc) is 3.27. The van der Waals surface area contributed by atoms with Gasteiger partial charge in [-0.2, -0.15) is 0 Å². The van der Waals surface area contributed by atoms with E-state index in [0.29, 0.717) is 29.6 Å². The van der Waals surface area contributed by atoms with E-state index in [-0.39, 0.29) is 11.7 Å². The van der Waals surface area contributed by atoms with E-state index >= 15 is 0 Å². The Morgan fingerprint density at radius 1 is 1.29 bits per heavy atom. The van der Waals surface area contributed by atoms with Gasteiger partial charge in [0.2, 0.25) is 0 Å². The van der Waals surface area contributed by atoms with E-state index in [0.717, 1.165) is 12.1 Å². The van der Waals surface area contributed by atoms with Crippen molar-refractivity contribution in [1.82, 2.24) is 0 Å². The van der Waals surface area contributed by atoms with Crippen molar-refractivity contribution < 1.29 is 18.3 Å². The molecule has 1 unspecified atom stereocenters. The van der Waals surface area contributed by atoms with Crippen LogP contribution in [0.15, 0.2) is 59.2 Å². The molecule has 0 fully saturated rings. The Balaban J connectivity index is 1.53. The van der Waals surface area contributed by atoms with E-state index in [2.05, 4.69) is 29.3 Å². The maximum Gasteiger partial charge on any atom is 0.259 e. The molecule has 1 aromatic heterocycles. The Kier molecular flexibility index (Phi) is 4.77. The highest BCUT2D eigenvalue weighted by Crippen LogP contribution is 2.33. The third kappa shape index (κ3) is 3.33. The number of nitrogens with one attached hydrogen (secondary N) is 1. The van der Waals surface area contributed by atoms with E-state index in [9.17, 15) is 9.18 Å². The predicted molar refractivity (Wildman–Crippen MR) is 105 cm³/mol. The zero-order valence-electron chi connectivity index (χ0n) is 15.7. The number of fused-ring (bicyclic) bond motifs is 1. The number of nitrogens with zero attached hydrogens (tertiary/aromatic N) is 1. The second-order valence-corrected chi connectivity index (χ2v) is 6.87. The Bertz CT molecular complexity index is 1010. The van der Waals surface area contributed by atoms with Gasteiger partial charge in [-0.3, -0.25) is 4.79 Å². The number of para-hydroxylation sites is 1. The van der Waals surface area contributed by atoms with Crippen molar-refractivity contribution in [2.75, 3.05) is 17.3 Å². The van der Waals surface area contributed by atoms with Gasteiger partial charge in [-0.25, -0.2) is 4.39 Å². The number of rotatable bonds is 5. The molecule has 1 N–H and O–H groups in total. The van der Waals surface area contributed by atoms with Crippen LogP contribution in [0.25, 0.3) is 0 Å². The molecule has 0 radical (unpaired) electrons. The smallest absolute Gasteiger partial charge is 0.259 e. The van der Waals surface area contributed by atoms with Crippen molar-refractivity contribution >= 4 is 17.3 Å². The highest BCUT2D eigenvalue weighted by atomic mass is 19.1. The van der Waals surface area contributed by atoms with Gasteiger partial charge in [-0.15, -0.1) is 0 Å². The largest absolute Gasteiger partial charge is 0.494 e. The third-order valence-corrected chi connectivity index (χ3v) is 5.06. The number of amides is 1. The standard InChI is InChI=1S/C22H21FN2O3/c1-14-11-15-5-3-4-6-19(15)25(14)13-21-17(9-10-28-21)22(26)24-16-7-8-20(27-2)18(23)12-16/h3-10,12,14H,11,13H2,1-2H3,(H,24,26). The molecular formula is C22H21FN2O3. The Hall–Kier alpha value is -3.28. The molecule has 1 aliphatic heterocycles. The van der Waals surface area contributed by atoms with Crippen LogP contribution >= 0.6 is 0 Å². The molecule has 0 saturated heterocycles. The van der Waals surface area contributed by atoms with E-state index in [1.807, 2.05) is 12.1 Å². The number of benzene rings is 2. The molecule has 6 heteroatoms. The first-order chi connectivity index (χ1) is 13.6. The zero-order chi connectivity index (χ0) is 19.7. The lowest BCUT2D eigenvalue weighted by molar-refractivity contribution is 0.102. The Labute approximate surface area is 162 Å². The summed E-state index contributed by atoms with van der Waals surface area (Å²) < 4.78 is 24.4. The molecule has 1 aliphatic rings. The molecule has 2 aromatic carbocycles. The summed E-state index contributed by atoms with van der Waals surface area (Å²) in [5, 5.41) is 2.72. The minimum Gasteiger partial charge on any atom is -0.494 e. The van der Waals surface area contributed by atoms with Gasteiger partial charge >= 0.3 is 0 Å². The van der Waals surface area contributed by atoms with Crippen LogP contribution in [0, 0.1) is 5.82 Å². The summed E-state index contributed by atoms with van der Waals surface area (Å²) in [6.45, 7) is 2.65. The predicted octanol–water partition coefficient (Wildman–Crippen LogP) is 4.63. The number of anilines is 2. The van der Waals surface area contributed by atoms with Crippen LogP contribution in [-0.4, -0.2) is 19.1 Å². The number of furan rings is 1. The SMILES string of the molecule is COc1ccc(NC(=O)c2ccoc2CN2c3ccccc3CC2C)cc1F. The molecule has 0 spiro atoms. The maximum atomic E-state index is 13.9. The molecule has 1 amide bonds. The van der Waals surface area contributed by atoms with Crippen molar-refractivity contribution in [3.05, 3.63) is 77.5 Å². The minimum atomic E-state index is -0.532. The van der Waals surface area contributed by atoms with Crippen LogP contribution in [0.2, 0.25) is 0 Å². The fourth-order valence-electron chi connectivity index (χ4n) is 3.63. The Morgan fingerprint density at radius 3 is 2.89 bits per heavy atom. The molecule has 2 heterocycles. The fourth-order valence-corrected chi connectivity index (χ4v) is 3.63. The number of hydrogen-bond acceptors (Lipinski definition) is 4. The molecule has 0 aliphatic carbocycles. The van der Waals surface area contributed by atoms with Crippen LogP contribution in [0.1, 0.15) is 28.6 Å². The monoisotopic (exact) mass is 380 g/mol. The van der Waals surface area contributed by atoms with Crippen molar-refractivity contribution in [3.8, 4) is 5.75 Å². The number of hydrogen-bond donors (Lipinski definition) is 1. The second-order valence-electron chi connectivity index (χ2n) is 6.87. The third-order valence-electron chi connectivity index (χ3n) is 5.06. The van der Waals surface area contributed by atoms with Crippen LogP contribution in [-0.2, 0) is 13.0 Å². The van der Waals surface area contributed by atoms with Gasteiger partial charge < -0.3 is 19.4 Å². The second kappa shape index (κ2) is 7.38. The van der Waals surface area contributed by atoms with Gasteiger partial charge in [0.05, 0.1) is 25.5 Å². The van der Waals surface area contributed by atoms with Gasteiger partial charge in [-0.1, -0.05) is 18.2 Å². The van der Waals surface area contributed by atoms with Crippen LogP contribution in [0.5, 0.6) is 5.75 Å². The lowest BCUT2D eigenvalue weighted by atomic mass is 10.1. The minimum absolute atomic E-state index is 0.128. The summed E-state index contributed by atoms with van der Waals surface area (Å²) >= 11 is 0. The molecule has 5 nitrogen and oxygen atoms in total. The van der Waals surface area contributed by atoms with Crippen molar-refractivity contribution in [1.29, 1.82) is 0 Å². The van der Waals surface area contributed by atoms with Crippen LogP contribution in [0.3, 0.4) is 0 Å². The van der Waals surface area contributed by atoms with Gasteiger partial charge in [0.1, 0.15) is 5.76 Å². The molecule has 0 saturated carbocycles. The van der Waals surface area contributed by atoms with Gasteiger partial charge in [0.15, 0.2) is 11.6 Å². The van der Waals surface area contributed by atoms with Gasteiger partial charge in [0.25, 0.3) is 5.91 Å². The quantitative estimate of drug-likeness (QED) is 0.701. The van der Waals surface area contributed by atoms with Gasteiger partial charge in [-0.05, 0) is 43.2 Å². The summed E-state index contributed by atoms with van der Waals surface area (Å²) in [5.41, 5.74) is 3.25. The number of carbonyl (C=O) groups excluding carboxylic acids is 1. The average molecular weight is 380 g/mol. The lowest BCUT2D eigenvalue weighted by Crippen LogP contribution is -2.29. The number of methoxy groups -OCH3 is 1. The normalized spacial score (nSPS) is 15.4. The molecule has 0 bridgehead atoms. The summed E-state index contributed by atoms with van der Waals surface area (Å²) in [5.74, 6) is -0.164. The van der Waals surface area contributed by atoms with E-state index in [1.54, 1.807) is 12.1 Å². The molecule has 4 rings (SSSR count). The summed E-state index contributed by atoms with van der Waals surface area (Å²) in [7, 11) is 1.39. The highest BCUT2D eigenvalue weighted by molar-refractivity contribution is 6.05. The van der Waals surface area contributed by atoms with Crippen molar-refractivity contribution in [2.24, 2.45) is 0 Å². The summed E-state index contributed by atoms with van der Waals surface area (Å²) in [6.07, 6.45) is 2.47. The molecule has 28 heavy (non-hydrogen) atoms. The zero-order valence-corrected chi connectivity index (χ0v) is 15.7. The fraction of sp³-hybridized carbons (Fsp3) is 0.227.